The largest absolute Gasteiger partial charge is 0.325 e. The van der Waals surface area contributed by atoms with E-state index < -0.39 is 5.25 Å². The Morgan fingerprint density at radius 3 is 2.76 bits per heavy atom. The molecule has 0 aliphatic carbocycles. The second kappa shape index (κ2) is 7.29. The molecule has 0 fully saturated rings. The molecule has 0 spiro atoms. The molecule has 1 atom stereocenters. The number of thioether (sulfide) groups is 1. The lowest BCUT2D eigenvalue weighted by atomic mass is 10.2. The molecule has 2 aromatic carbocycles. The molecule has 128 valence electrons. The van der Waals surface area contributed by atoms with Gasteiger partial charge < -0.3 is 5.32 Å². The molecular weight excluding hydrogens is 358 g/mol. The van der Waals surface area contributed by atoms with Crippen LogP contribution < -0.4 is 10.9 Å². The first kappa shape index (κ1) is 17.5. The van der Waals surface area contributed by atoms with Crippen molar-refractivity contribution in [2.75, 3.05) is 5.32 Å². The van der Waals surface area contributed by atoms with E-state index in [0.717, 1.165) is 0 Å². The van der Waals surface area contributed by atoms with Gasteiger partial charge >= 0.3 is 0 Å². The highest BCUT2D eigenvalue weighted by atomic mass is 35.5. The van der Waals surface area contributed by atoms with Crippen LogP contribution in [0.1, 0.15) is 6.92 Å². The van der Waals surface area contributed by atoms with Crippen LogP contribution in [0, 0.1) is 0 Å². The third kappa shape index (κ3) is 3.86. The molecule has 7 heteroatoms. The van der Waals surface area contributed by atoms with Crippen LogP contribution in [0.5, 0.6) is 0 Å². The molecule has 0 saturated carbocycles. The van der Waals surface area contributed by atoms with Crippen molar-refractivity contribution in [1.29, 1.82) is 0 Å². The maximum Gasteiger partial charge on any atom is 0.261 e. The van der Waals surface area contributed by atoms with Crippen LogP contribution in [0.3, 0.4) is 0 Å². The third-order valence-electron chi connectivity index (χ3n) is 3.69. The highest BCUT2D eigenvalue weighted by molar-refractivity contribution is 8.00. The topological polar surface area (TPSA) is 64.0 Å². The number of para-hydroxylation sites is 1. The molecule has 1 amide bonds. The number of fused-ring (bicyclic) bond motifs is 1. The SMILES string of the molecule is CC(Sc1nc2ccccc2c(=O)n1C)C(=O)Nc1cccc(Cl)c1. The van der Waals surface area contributed by atoms with E-state index in [0.29, 0.717) is 26.8 Å². The van der Waals surface area contributed by atoms with Crippen LogP contribution in [-0.2, 0) is 11.8 Å². The molecule has 0 radical (unpaired) electrons. The lowest BCUT2D eigenvalue weighted by Gasteiger charge is -2.14. The third-order valence-corrected chi connectivity index (χ3v) is 5.06. The Bertz CT molecular complexity index is 1000. The van der Waals surface area contributed by atoms with Gasteiger partial charge in [0.2, 0.25) is 5.91 Å². The summed E-state index contributed by atoms with van der Waals surface area (Å²) in [7, 11) is 1.66. The normalized spacial score (nSPS) is 12.1. The van der Waals surface area contributed by atoms with Gasteiger partial charge in [0, 0.05) is 17.8 Å². The molecule has 0 aliphatic heterocycles. The van der Waals surface area contributed by atoms with Gasteiger partial charge in [-0.3, -0.25) is 14.2 Å². The summed E-state index contributed by atoms with van der Waals surface area (Å²) in [5, 5.41) is 3.99. The van der Waals surface area contributed by atoms with Crippen LogP contribution in [-0.4, -0.2) is 20.7 Å². The summed E-state index contributed by atoms with van der Waals surface area (Å²) in [6.07, 6.45) is 0. The highest BCUT2D eigenvalue weighted by Crippen LogP contribution is 2.23. The van der Waals surface area contributed by atoms with Crippen LogP contribution >= 0.6 is 23.4 Å². The van der Waals surface area contributed by atoms with Gasteiger partial charge in [-0.2, -0.15) is 0 Å². The molecule has 1 N–H and O–H groups in total. The summed E-state index contributed by atoms with van der Waals surface area (Å²) in [6, 6.07) is 14.1. The fraction of sp³-hybridized carbons (Fsp3) is 0.167. The Balaban J connectivity index is 1.82. The Hall–Kier alpha value is -2.31. The summed E-state index contributed by atoms with van der Waals surface area (Å²) in [4.78, 5) is 29.3. The Morgan fingerprint density at radius 1 is 1.24 bits per heavy atom. The minimum Gasteiger partial charge on any atom is -0.325 e. The standard InChI is InChI=1S/C18H16ClN3O2S/c1-11(16(23)20-13-7-5-6-12(19)10-13)25-18-21-15-9-4-3-8-14(15)17(24)22(18)2/h3-11H,1-2H3,(H,20,23). The minimum atomic E-state index is -0.432. The van der Waals surface area contributed by atoms with E-state index >= 15 is 0 Å². The van der Waals surface area contributed by atoms with Crippen LogP contribution in [0.15, 0.2) is 58.5 Å². The second-order valence-corrected chi connectivity index (χ2v) is 7.28. The number of aromatic nitrogens is 2. The first-order valence-electron chi connectivity index (χ1n) is 7.64. The molecule has 25 heavy (non-hydrogen) atoms. The van der Waals surface area contributed by atoms with Gasteiger partial charge in [-0.25, -0.2) is 4.98 Å². The Morgan fingerprint density at radius 2 is 2.00 bits per heavy atom. The summed E-state index contributed by atoms with van der Waals surface area (Å²) in [6.45, 7) is 1.77. The van der Waals surface area contributed by atoms with E-state index in [9.17, 15) is 9.59 Å². The van der Waals surface area contributed by atoms with Crippen molar-refractivity contribution in [3.05, 3.63) is 63.9 Å². The smallest absolute Gasteiger partial charge is 0.261 e. The number of halogens is 1. The number of anilines is 1. The molecule has 3 aromatic rings. The minimum absolute atomic E-state index is 0.129. The second-order valence-electron chi connectivity index (χ2n) is 5.54. The predicted molar refractivity (Wildman–Crippen MR) is 102 cm³/mol. The van der Waals surface area contributed by atoms with Crippen molar-refractivity contribution in [1.82, 2.24) is 9.55 Å². The van der Waals surface area contributed by atoms with E-state index in [1.54, 1.807) is 56.4 Å². The lowest BCUT2D eigenvalue weighted by Crippen LogP contribution is -2.25. The molecule has 3 rings (SSSR count). The quantitative estimate of drug-likeness (QED) is 0.559. The molecule has 5 nitrogen and oxygen atoms in total. The zero-order valence-corrected chi connectivity index (χ0v) is 15.3. The molecule has 0 aliphatic rings. The van der Waals surface area contributed by atoms with E-state index in [-0.39, 0.29) is 11.5 Å². The zero-order valence-electron chi connectivity index (χ0n) is 13.7. The molecule has 1 aromatic heterocycles. The molecule has 0 saturated heterocycles. The number of hydrogen-bond donors (Lipinski definition) is 1. The molecule has 0 bridgehead atoms. The summed E-state index contributed by atoms with van der Waals surface area (Å²) < 4.78 is 1.47. The monoisotopic (exact) mass is 373 g/mol. The highest BCUT2D eigenvalue weighted by Gasteiger charge is 2.18. The number of carbonyl (C=O) groups excluding carboxylic acids is 1. The van der Waals surface area contributed by atoms with Crippen molar-refractivity contribution in [2.24, 2.45) is 7.05 Å². The maximum absolute atomic E-state index is 12.4. The lowest BCUT2D eigenvalue weighted by molar-refractivity contribution is -0.115. The Kier molecular flexibility index (Phi) is 5.11. The average molecular weight is 374 g/mol. The Labute approximate surface area is 154 Å². The molecular formula is C18H16ClN3O2S. The van der Waals surface area contributed by atoms with Gasteiger partial charge in [0.1, 0.15) is 0 Å². The summed E-state index contributed by atoms with van der Waals surface area (Å²) >= 11 is 7.16. The van der Waals surface area contributed by atoms with E-state index in [1.165, 1.54) is 16.3 Å². The summed E-state index contributed by atoms with van der Waals surface area (Å²) in [5.74, 6) is -0.185. The number of rotatable bonds is 4. The molecule has 1 unspecified atom stereocenters. The average Bonchev–Trinajstić information content (AvgIpc) is 2.59. The predicted octanol–water partition coefficient (Wildman–Crippen LogP) is 3.71. The maximum atomic E-state index is 12.4. The van der Waals surface area contributed by atoms with E-state index in [2.05, 4.69) is 10.3 Å². The number of carbonyl (C=O) groups is 1. The van der Waals surface area contributed by atoms with Crippen molar-refractivity contribution < 1.29 is 4.79 Å². The zero-order chi connectivity index (χ0) is 18.0. The van der Waals surface area contributed by atoms with E-state index in [1.807, 2.05) is 6.07 Å². The van der Waals surface area contributed by atoms with Crippen molar-refractivity contribution in [3.8, 4) is 0 Å². The van der Waals surface area contributed by atoms with Crippen molar-refractivity contribution in [2.45, 2.75) is 17.3 Å². The van der Waals surface area contributed by atoms with Gasteiger partial charge in [-0.1, -0.05) is 41.6 Å². The van der Waals surface area contributed by atoms with Gasteiger partial charge in [-0.15, -0.1) is 0 Å². The first-order chi connectivity index (χ1) is 12.0. The van der Waals surface area contributed by atoms with E-state index in [4.69, 9.17) is 11.6 Å². The number of amides is 1. The summed E-state index contributed by atoms with van der Waals surface area (Å²) in [5.41, 5.74) is 1.12. The number of nitrogens with one attached hydrogen (secondary N) is 1. The van der Waals surface area contributed by atoms with Gasteiger partial charge in [-0.05, 0) is 37.3 Å². The fourth-order valence-corrected chi connectivity index (χ4v) is 3.39. The van der Waals surface area contributed by atoms with Gasteiger partial charge in [0.25, 0.3) is 5.56 Å². The van der Waals surface area contributed by atoms with Crippen LogP contribution in [0.2, 0.25) is 5.02 Å². The first-order valence-corrected chi connectivity index (χ1v) is 8.90. The fourth-order valence-electron chi connectivity index (χ4n) is 2.32. The molecule has 1 heterocycles. The number of benzene rings is 2. The van der Waals surface area contributed by atoms with Crippen LogP contribution in [0.25, 0.3) is 10.9 Å². The van der Waals surface area contributed by atoms with Gasteiger partial charge in [0.15, 0.2) is 5.16 Å². The van der Waals surface area contributed by atoms with Crippen LogP contribution in [0.4, 0.5) is 5.69 Å². The number of hydrogen-bond acceptors (Lipinski definition) is 4. The van der Waals surface area contributed by atoms with Crippen molar-refractivity contribution in [3.63, 3.8) is 0 Å². The van der Waals surface area contributed by atoms with Crippen molar-refractivity contribution >= 4 is 45.9 Å². The number of nitrogens with zero attached hydrogens (tertiary/aromatic N) is 2. The van der Waals surface area contributed by atoms with Gasteiger partial charge in [0.05, 0.1) is 16.2 Å².